The molecular weight excluding hydrogens is 414 g/mol. The number of ether oxygens (including phenoxy) is 1. The number of benzene rings is 1. The number of Topliss-reactive ketones (excluding diaryl/α,β-unsaturated/α-hetero) is 1. The van der Waals surface area contributed by atoms with Crippen LogP contribution in [0.4, 0.5) is 11.8 Å². The van der Waals surface area contributed by atoms with Crippen LogP contribution in [0, 0.1) is 13.8 Å². The molecule has 3 aromatic rings. The van der Waals surface area contributed by atoms with E-state index in [4.69, 9.17) is 22.1 Å². The van der Waals surface area contributed by atoms with Crippen molar-refractivity contribution in [3.63, 3.8) is 0 Å². The first-order valence-corrected chi connectivity index (χ1v) is 10.1. The molecule has 0 spiro atoms. The first-order chi connectivity index (χ1) is 14.9. The number of aromatic nitrogens is 3. The lowest BCUT2D eigenvalue weighted by molar-refractivity contribution is 0.103. The van der Waals surface area contributed by atoms with Crippen LogP contribution in [0.1, 0.15) is 32.7 Å². The first-order valence-electron chi connectivity index (χ1n) is 9.76. The molecule has 1 aliphatic rings. The van der Waals surface area contributed by atoms with Gasteiger partial charge in [-0.25, -0.2) is 4.98 Å². The van der Waals surface area contributed by atoms with Crippen molar-refractivity contribution in [3.8, 4) is 5.75 Å². The maximum absolute atomic E-state index is 13.2. The van der Waals surface area contributed by atoms with Gasteiger partial charge in [0.25, 0.3) is 0 Å². The van der Waals surface area contributed by atoms with E-state index in [-0.39, 0.29) is 22.4 Å². The van der Waals surface area contributed by atoms with Crippen molar-refractivity contribution in [3.05, 3.63) is 75.2 Å². The summed E-state index contributed by atoms with van der Waals surface area (Å²) in [5.41, 5.74) is 10.3. The quantitative estimate of drug-likeness (QED) is 0.488. The largest absolute Gasteiger partial charge is 0.496 e. The van der Waals surface area contributed by atoms with Gasteiger partial charge in [0.05, 0.1) is 19.3 Å². The van der Waals surface area contributed by atoms with Crippen molar-refractivity contribution in [2.75, 3.05) is 24.3 Å². The predicted octanol–water partition coefficient (Wildman–Crippen LogP) is 4.02. The number of carbonyl (C=O) groups is 1. The highest BCUT2D eigenvalue weighted by Gasteiger charge is 2.32. The first kappa shape index (κ1) is 20.8. The third kappa shape index (κ3) is 3.96. The number of ketones is 1. The Morgan fingerprint density at radius 2 is 1.97 bits per heavy atom. The van der Waals surface area contributed by atoms with E-state index in [1.807, 2.05) is 55.2 Å². The Kier molecular flexibility index (Phi) is 5.61. The Bertz CT molecular complexity index is 1190. The number of halogens is 1. The van der Waals surface area contributed by atoms with E-state index in [0.29, 0.717) is 24.5 Å². The van der Waals surface area contributed by atoms with Crippen LogP contribution in [0.15, 0.2) is 42.1 Å². The van der Waals surface area contributed by atoms with Crippen molar-refractivity contribution in [1.29, 1.82) is 0 Å². The van der Waals surface area contributed by atoms with E-state index in [2.05, 4.69) is 15.0 Å². The van der Waals surface area contributed by atoms with Gasteiger partial charge >= 0.3 is 0 Å². The molecule has 158 valence electrons. The zero-order valence-corrected chi connectivity index (χ0v) is 18.3. The zero-order valence-electron chi connectivity index (χ0n) is 17.5. The maximum atomic E-state index is 13.2. The summed E-state index contributed by atoms with van der Waals surface area (Å²) >= 11 is 6.34. The molecule has 2 N–H and O–H groups in total. The van der Waals surface area contributed by atoms with Gasteiger partial charge in [0.2, 0.25) is 5.95 Å². The van der Waals surface area contributed by atoms with E-state index in [0.717, 1.165) is 28.1 Å². The van der Waals surface area contributed by atoms with Crippen LogP contribution in [0.25, 0.3) is 6.08 Å². The normalized spacial score (nSPS) is 14.6. The van der Waals surface area contributed by atoms with Crippen molar-refractivity contribution >= 4 is 35.2 Å². The van der Waals surface area contributed by atoms with Gasteiger partial charge in [-0.05, 0) is 25.5 Å². The second-order valence-electron chi connectivity index (χ2n) is 7.38. The van der Waals surface area contributed by atoms with E-state index >= 15 is 0 Å². The lowest BCUT2D eigenvalue weighted by Crippen LogP contribution is -2.35. The van der Waals surface area contributed by atoms with Gasteiger partial charge in [0, 0.05) is 29.4 Å². The number of methoxy groups -OCH3 is 1. The van der Waals surface area contributed by atoms with Gasteiger partial charge in [-0.2, -0.15) is 4.98 Å². The van der Waals surface area contributed by atoms with E-state index < -0.39 is 0 Å². The van der Waals surface area contributed by atoms with Crippen molar-refractivity contribution in [2.45, 2.75) is 20.4 Å². The minimum atomic E-state index is -0.203. The van der Waals surface area contributed by atoms with Gasteiger partial charge in [-0.3, -0.25) is 9.78 Å². The summed E-state index contributed by atoms with van der Waals surface area (Å²) in [5, 5.41) is 0.0438. The van der Waals surface area contributed by atoms with Gasteiger partial charge in [-0.1, -0.05) is 41.9 Å². The number of rotatable bonds is 4. The summed E-state index contributed by atoms with van der Waals surface area (Å²) in [6.07, 6.45) is 3.64. The molecule has 0 saturated heterocycles. The summed E-state index contributed by atoms with van der Waals surface area (Å²) < 4.78 is 5.54. The number of pyridine rings is 1. The number of nitrogen functional groups attached to an aromatic ring is 1. The lowest BCUT2D eigenvalue weighted by atomic mass is 9.97. The van der Waals surface area contributed by atoms with Gasteiger partial charge in [0.1, 0.15) is 22.3 Å². The van der Waals surface area contributed by atoms with Crippen LogP contribution >= 0.6 is 11.6 Å². The van der Waals surface area contributed by atoms with E-state index in [1.165, 1.54) is 0 Å². The zero-order chi connectivity index (χ0) is 22.1. The third-order valence-electron chi connectivity index (χ3n) is 5.27. The molecule has 0 fully saturated rings. The Hall–Kier alpha value is -3.45. The highest BCUT2D eigenvalue weighted by molar-refractivity contribution is 6.35. The molecule has 4 rings (SSSR count). The van der Waals surface area contributed by atoms with Crippen LogP contribution in [0.3, 0.4) is 0 Å². The summed E-state index contributed by atoms with van der Waals surface area (Å²) in [6, 6.07) is 9.66. The van der Waals surface area contributed by atoms with Crippen LogP contribution < -0.4 is 15.4 Å². The Labute approximate surface area is 185 Å². The SMILES string of the molecule is COc1c(C)cnc(CN2CC(=Cc3ccccc3)C(=O)c3c(Cl)nc(N)nc32)c1C. The lowest BCUT2D eigenvalue weighted by Gasteiger charge is -2.31. The smallest absolute Gasteiger partial charge is 0.223 e. The van der Waals surface area contributed by atoms with Crippen LogP contribution in [0.2, 0.25) is 5.15 Å². The van der Waals surface area contributed by atoms with Crippen molar-refractivity contribution in [2.24, 2.45) is 0 Å². The summed E-state index contributed by atoms with van der Waals surface area (Å²) in [7, 11) is 1.64. The minimum absolute atomic E-state index is 0.0169. The molecule has 1 aromatic carbocycles. The molecule has 1 aliphatic heterocycles. The van der Waals surface area contributed by atoms with E-state index in [9.17, 15) is 4.79 Å². The van der Waals surface area contributed by atoms with Crippen LogP contribution in [-0.4, -0.2) is 34.4 Å². The number of hydrogen-bond donors (Lipinski definition) is 1. The van der Waals surface area contributed by atoms with Crippen LogP contribution in [0.5, 0.6) is 5.75 Å². The number of carbonyl (C=O) groups excluding carboxylic acids is 1. The molecule has 0 amide bonds. The number of aryl methyl sites for hydroxylation is 1. The molecule has 0 aliphatic carbocycles. The average molecular weight is 436 g/mol. The van der Waals surface area contributed by atoms with Gasteiger partial charge < -0.3 is 15.4 Å². The number of nitrogens with zero attached hydrogens (tertiary/aromatic N) is 4. The van der Waals surface area contributed by atoms with E-state index in [1.54, 1.807) is 13.3 Å². The molecule has 0 bridgehead atoms. The molecule has 7 nitrogen and oxygen atoms in total. The summed E-state index contributed by atoms with van der Waals surface area (Å²) in [4.78, 5) is 28.1. The van der Waals surface area contributed by atoms with Crippen LogP contribution in [-0.2, 0) is 6.54 Å². The molecule has 0 unspecified atom stereocenters. The number of nitrogens with two attached hydrogens (primary N) is 1. The highest BCUT2D eigenvalue weighted by atomic mass is 35.5. The molecule has 2 aromatic heterocycles. The molecular formula is C23H22ClN5O2. The number of fused-ring (bicyclic) bond motifs is 1. The third-order valence-corrected chi connectivity index (χ3v) is 5.55. The molecule has 8 heteroatoms. The fourth-order valence-corrected chi connectivity index (χ4v) is 4.04. The summed E-state index contributed by atoms with van der Waals surface area (Å²) in [5.74, 6) is 1.02. The Balaban J connectivity index is 1.81. The topological polar surface area (TPSA) is 94.2 Å². The average Bonchev–Trinajstić information content (AvgIpc) is 2.74. The van der Waals surface area contributed by atoms with Crippen molar-refractivity contribution < 1.29 is 9.53 Å². The standard InChI is InChI=1S/C23H22ClN5O2/c1-13-10-26-17(14(2)20(13)31-3)12-29-11-16(9-15-7-5-4-6-8-15)19(30)18-21(24)27-23(25)28-22(18)29/h4-10H,11-12H2,1-3H3,(H2,25,27,28). The van der Waals surface area contributed by atoms with Crippen molar-refractivity contribution in [1.82, 2.24) is 15.0 Å². The molecule has 0 radical (unpaired) electrons. The molecule has 31 heavy (non-hydrogen) atoms. The molecule has 0 atom stereocenters. The highest BCUT2D eigenvalue weighted by Crippen LogP contribution is 2.35. The second-order valence-corrected chi connectivity index (χ2v) is 7.74. The monoisotopic (exact) mass is 435 g/mol. The fraction of sp³-hybridized carbons (Fsp3) is 0.217. The minimum Gasteiger partial charge on any atom is -0.496 e. The Morgan fingerprint density at radius 3 is 2.68 bits per heavy atom. The fourth-order valence-electron chi connectivity index (χ4n) is 3.78. The van der Waals surface area contributed by atoms with Gasteiger partial charge in [0.15, 0.2) is 5.78 Å². The number of anilines is 2. The Morgan fingerprint density at radius 1 is 1.23 bits per heavy atom. The molecule has 3 heterocycles. The summed E-state index contributed by atoms with van der Waals surface area (Å²) in [6.45, 7) is 4.66. The second kappa shape index (κ2) is 8.35. The number of hydrogen-bond acceptors (Lipinski definition) is 7. The molecule has 0 saturated carbocycles. The maximum Gasteiger partial charge on any atom is 0.223 e. The predicted molar refractivity (Wildman–Crippen MR) is 122 cm³/mol. The van der Waals surface area contributed by atoms with Gasteiger partial charge in [-0.15, -0.1) is 0 Å².